The number of rotatable bonds is 7. The predicted octanol–water partition coefficient (Wildman–Crippen LogP) is 4.18. The minimum atomic E-state index is 0.0780. The summed E-state index contributed by atoms with van der Waals surface area (Å²) in [6.45, 7) is 5.70. The number of halogens is 1. The molecular formula is C24H28ClN3O2. The Morgan fingerprint density at radius 2 is 2.10 bits per heavy atom. The second kappa shape index (κ2) is 9.11. The lowest BCUT2D eigenvalue weighted by atomic mass is 9.99. The summed E-state index contributed by atoms with van der Waals surface area (Å²) < 4.78 is 7.77. The van der Waals surface area contributed by atoms with E-state index in [-0.39, 0.29) is 5.91 Å². The molecule has 1 aliphatic rings. The summed E-state index contributed by atoms with van der Waals surface area (Å²) in [6, 6.07) is 14.3. The largest absolute Gasteiger partial charge is 0.496 e. The van der Waals surface area contributed by atoms with E-state index in [1.807, 2.05) is 24.3 Å². The molecular weight excluding hydrogens is 398 g/mol. The van der Waals surface area contributed by atoms with Gasteiger partial charge < -0.3 is 14.6 Å². The highest BCUT2D eigenvalue weighted by molar-refractivity contribution is 6.31. The monoisotopic (exact) mass is 425 g/mol. The van der Waals surface area contributed by atoms with Gasteiger partial charge in [0.15, 0.2) is 0 Å². The molecule has 0 radical (unpaired) electrons. The first-order valence-electron chi connectivity index (χ1n) is 10.4. The number of aryl methyl sites for hydroxylation is 2. The third-order valence-corrected chi connectivity index (χ3v) is 6.08. The first-order chi connectivity index (χ1) is 14.5. The van der Waals surface area contributed by atoms with Crippen LogP contribution in [-0.2, 0) is 24.3 Å². The van der Waals surface area contributed by atoms with E-state index in [0.717, 1.165) is 48.6 Å². The predicted molar refractivity (Wildman–Crippen MR) is 121 cm³/mol. The Bertz CT molecular complexity index is 1050. The average molecular weight is 426 g/mol. The van der Waals surface area contributed by atoms with Crippen LogP contribution < -0.4 is 10.1 Å². The molecule has 3 aromatic rings. The molecule has 0 saturated heterocycles. The van der Waals surface area contributed by atoms with E-state index in [0.29, 0.717) is 13.1 Å². The minimum Gasteiger partial charge on any atom is -0.496 e. The van der Waals surface area contributed by atoms with Crippen LogP contribution in [0.2, 0.25) is 5.02 Å². The number of carbonyl (C=O) groups is 1. The van der Waals surface area contributed by atoms with Crippen molar-refractivity contribution in [1.29, 1.82) is 0 Å². The Labute approximate surface area is 182 Å². The van der Waals surface area contributed by atoms with Crippen LogP contribution in [0.4, 0.5) is 0 Å². The number of carbonyl (C=O) groups excluding carboxylic acids is 1. The van der Waals surface area contributed by atoms with Gasteiger partial charge in [-0.05, 0) is 55.7 Å². The van der Waals surface area contributed by atoms with E-state index in [9.17, 15) is 4.79 Å². The number of ether oxygens (including phenoxy) is 1. The smallest absolute Gasteiger partial charge is 0.234 e. The van der Waals surface area contributed by atoms with E-state index >= 15 is 0 Å². The van der Waals surface area contributed by atoms with Gasteiger partial charge >= 0.3 is 0 Å². The van der Waals surface area contributed by atoms with Gasteiger partial charge in [-0.3, -0.25) is 9.69 Å². The molecule has 5 nitrogen and oxygen atoms in total. The molecule has 0 unspecified atom stereocenters. The standard InChI is InChI=1S/C24H28ClN3O2/c1-17-13-19-14-20(25)7-8-22(19)28(17)11-4-10-26-24(29)16-27-12-9-18-5-3-6-23(30-2)21(18)15-27/h3,5-8,13-14H,4,9-12,15-16H2,1-2H3,(H,26,29). The van der Waals surface area contributed by atoms with Crippen molar-refractivity contribution >= 4 is 28.4 Å². The molecule has 1 N–H and O–H groups in total. The van der Waals surface area contributed by atoms with Crippen LogP contribution in [0, 0.1) is 6.92 Å². The van der Waals surface area contributed by atoms with Gasteiger partial charge in [0.2, 0.25) is 5.91 Å². The van der Waals surface area contributed by atoms with Crippen molar-refractivity contribution in [2.24, 2.45) is 0 Å². The first-order valence-corrected chi connectivity index (χ1v) is 10.8. The first kappa shape index (κ1) is 20.8. The fourth-order valence-corrected chi connectivity index (χ4v) is 4.51. The number of hydrogen-bond acceptors (Lipinski definition) is 3. The third kappa shape index (κ3) is 4.47. The van der Waals surface area contributed by atoms with Gasteiger partial charge in [-0.15, -0.1) is 0 Å². The molecule has 2 heterocycles. The molecule has 2 aromatic carbocycles. The molecule has 0 fully saturated rings. The average Bonchev–Trinajstić information content (AvgIpc) is 3.04. The number of amides is 1. The van der Waals surface area contributed by atoms with E-state index in [1.54, 1.807) is 7.11 Å². The van der Waals surface area contributed by atoms with Crippen molar-refractivity contribution < 1.29 is 9.53 Å². The van der Waals surface area contributed by atoms with Gasteiger partial charge in [-0.1, -0.05) is 23.7 Å². The molecule has 158 valence electrons. The lowest BCUT2D eigenvalue weighted by Crippen LogP contribution is -2.40. The Balaban J connectivity index is 1.27. The lowest BCUT2D eigenvalue weighted by molar-refractivity contribution is -0.122. The zero-order valence-corrected chi connectivity index (χ0v) is 18.3. The topological polar surface area (TPSA) is 46.5 Å². The van der Waals surface area contributed by atoms with Crippen molar-refractivity contribution in [1.82, 2.24) is 14.8 Å². The van der Waals surface area contributed by atoms with Crippen LogP contribution in [0.5, 0.6) is 5.75 Å². The zero-order chi connectivity index (χ0) is 21.1. The van der Waals surface area contributed by atoms with E-state index < -0.39 is 0 Å². The fourth-order valence-electron chi connectivity index (χ4n) is 4.33. The maximum atomic E-state index is 12.5. The molecule has 6 heteroatoms. The van der Waals surface area contributed by atoms with Gasteiger partial charge in [-0.2, -0.15) is 0 Å². The molecule has 0 atom stereocenters. The maximum Gasteiger partial charge on any atom is 0.234 e. The summed E-state index contributed by atoms with van der Waals surface area (Å²) in [6.07, 6.45) is 1.83. The van der Waals surface area contributed by atoms with Gasteiger partial charge in [0.25, 0.3) is 0 Å². The summed E-state index contributed by atoms with van der Waals surface area (Å²) in [5.41, 5.74) is 4.92. The molecule has 0 spiro atoms. The van der Waals surface area contributed by atoms with Gasteiger partial charge in [0.1, 0.15) is 5.75 Å². The molecule has 0 saturated carbocycles. The molecule has 1 aliphatic heterocycles. The van der Waals surface area contributed by atoms with Crippen LogP contribution in [0.15, 0.2) is 42.5 Å². The second-order valence-corrected chi connectivity index (χ2v) is 8.34. The van der Waals surface area contributed by atoms with Crippen LogP contribution in [-0.4, -0.2) is 42.1 Å². The summed E-state index contributed by atoms with van der Waals surface area (Å²) in [5.74, 6) is 0.988. The molecule has 0 aliphatic carbocycles. The van der Waals surface area contributed by atoms with Crippen molar-refractivity contribution in [2.75, 3.05) is 26.7 Å². The second-order valence-electron chi connectivity index (χ2n) is 7.90. The summed E-state index contributed by atoms with van der Waals surface area (Å²) in [7, 11) is 1.70. The molecule has 1 amide bonds. The zero-order valence-electron chi connectivity index (χ0n) is 17.6. The van der Waals surface area contributed by atoms with E-state index in [1.165, 1.54) is 22.3 Å². The summed E-state index contributed by atoms with van der Waals surface area (Å²) in [4.78, 5) is 14.6. The Kier molecular flexibility index (Phi) is 6.30. The highest BCUT2D eigenvalue weighted by atomic mass is 35.5. The van der Waals surface area contributed by atoms with Crippen LogP contribution in [0.3, 0.4) is 0 Å². The van der Waals surface area contributed by atoms with Crippen LogP contribution in [0.1, 0.15) is 23.2 Å². The highest BCUT2D eigenvalue weighted by Gasteiger charge is 2.21. The number of methoxy groups -OCH3 is 1. The third-order valence-electron chi connectivity index (χ3n) is 5.85. The molecule has 1 aromatic heterocycles. The van der Waals surface area contributed by atoms with E-state index in [2.05, 4.69) is 39.9 Å². The molecule has 4 rings (SSSR count). The maximum absolute atomic E-state index is 12.5. The van der Waals surface area contributed by atoms with Crippen molar-refractivity contribution in [3.05, 3.63) is 64.3 Å². The van der Waals surface area contributed by atoms with Crippen molar-refractivity contribution in [3.8, 4) is 5.75 Å². The highest BCUT2D eigenvalue weighted by Crippen LogP contribution is 2.27. The normalized spacial score (nSPS) is 14.0. The molecule has 30 heavy (non-hydrogen) atoms. The fraction of sp³-hybridized carbons (Fsp3) is 0.375. The van der Waals surface area contributed by atoms with Gasteiger partial charge in [0.05, 0.1) is 13.7 Å². The van der Waals surface area contributed by atoms with Gasteiger partial charge in [0, 0.05) is 53.4 Å². The van der Waals surface area contributed by atoms with E-state index in [4.69, 9.17) is 16.3 Å². The Morgan fingerprint density at radius 3 is 2.93 bits per heavy atom. The summed E-state index contributed by atoms with van der Waals surface area (Å²) in [5, 5.41) is 4.99. The quantitative estimate of drug-likeness (QED) is 0.578. The van der Waals surface area contributed by atoms with Crippen LogP contribution in [0.25, 0.3) is 10.9 Å². The Morgan fingerprint density at radius 1 is 1.23 bits per heavy atom. The lowest BCUT2D eigenvalue weighted by Gasteiger charge is -2.29. The van der Waals surface area contributed by atoms with Gasteiger partial charge in [-0.25, -0.2) is 0 Å². The molecule has 0 bridgehead atoms. The summed E-state index contributed by atoms with van der Waals surface area (Å²) >= 11 is 6.10. The number of nitrogens with zero attached hydrogens (tertiary/aromatic N) is 2. The number of aromatic nitrogens is 1. The number of fused-ring (bicyclic) bond motifs is 2. The van der Waals surface area contributed by atoms with Crippen molar-refractivity contribution in [3.63, 3.8) is 0 Å². The number of nitrogens with one attached hydrogen (secondary N) is 1. The number of hydrogen-bond donors (Lipinski definition) is 1. The van der Waals surface area contributed by atoms with Crippen molar-refractivity contribution in [2.45, 2.75) is 32.9 Å². The number of benzene rings is 2. The minimum absolute atomic E-state index is 0.0780. The SMILES string of the molecule is COc1cccc2c1CN(CC(=O)NCCCn1c(C)cc3cc(Cl)ccc31)CC2. The Hall–Kier alpha value is -2.50. The van der Waals surface area contributed by atoms with Crippen LogP contribution >= 0.6 is 11.6 Å².